The second-order valence-electron chi connectivity index (χ2n) is 30.3. The van der Waals surface area contributed by atoms with Gasteiger partial charge in [0.2, 0.25) is 5.89 Å². The fourth-order valence-corrected chi connectivity index (χ4v) is 14.6. The van der Waals surface area contributed by atoms with Gasteiger partial charge in [0.25, 0.3) is 0 Å². The number of oxazole rings is 1. The number of aromatic hydroxyl groups is 3. The SMILES string of the molecule is Cc1cn(-c2n[nH]c(C)c2C)nc1C.Cc1nc(-c2c(C)c(C)c(C)c(C)c2O)n(C)c1C.Cc1nc(-c2c(C)c(C)c(C)c(C)c2O)sc1C.Cc1nc(-c2n[nH]c(C)c2C)n(C)c1C.Cc1nc(-c2n[nH]c(C)c2C)oc1C.Cc1nc(-c2n[nH]c(C)c2C)sc1C.Cc1nn(-c2c(C)c(C)c(C)c(C)c2O)c(C)c1C. The van der Waals surface area contributed by atoms with Crippen LogP contribution in [0.4, 0.5) is 0 Å². The smallest absolute Gasteiger partial charge is 0.247 e. The molecule has 0 spiro atoms. The maximum absolute atomic E-state index is 10.5. The number of imidazole rings is 2. The molecule has 0 saturated carbocycles. The van der Waals surface area contributed by atoms with Crippen LogP contribution in [-0.4, -0.2) is 110 Å². The third-order valence-corrected chi connectivity index (χ3v) is 25.7. The highest BCUT2D eigenvalue weighted by molar-refractivity contribution is 7.15. The van der Waals surface area contributed by atoms with E-state index in [1.165, 1.54) is 60.0 Å². The van der Waals surface area contributed by atoms with Crippen molar-refractivity contribution in [3.05, 3.63) is 202 Å². The van der Waals surface area contributed by atoms with Crippen LogP contribution in [0, 0.1) is 242 Å². The maximum Gasteiger partial charge on any atom is 0.247 e. The van der Waals surface area contributed by atoms with Crippen LogP contribution in [0.15, 0.2) is 10.6 Å². The van der Waals surface area contributed by atoms with Gasteiger partial charge in [-0.05, 0) is 320 Å². The molecular weight excluding hydrogens is 1450 g/mol. The highest BCUT2D eigenvalue weighted by atomic mass is 32.1. The van der Waals surface area contributed by atoms with Crippen molar-refractivity contribution in [3.63, 3.8) is 0 Å². The fraction of sp³-hybridized carbons (Fsp3) is 0.420. The summed E-state index contributed by atoms with van der Waals surface area (Å²) in [6.45, 7) is 71.0. The second-order valence-corrected chi connectivity index (χ2v) is 32.7. The Balaban J connectivity index is 0.000000166. The van der Waals surface area contributed by atoms with E-state index in [9.17, 15) is 15.3 Å². The van der Waals surface area contributed by atoms with E-state index in [1.54, 1.807) is 22.7 Å². The van der Waals surface area contributed by atoms with Crippen LogP contribution in [0.25, 0.3) is 67.3 Å². The number of rotatable bonds is 7. The number of aromatic amines is 4. The lowest BCUT2D eigenvalue weighted by atomic mass is 9.93. The molecule has 14 aromatic rings. The topological polar surface area (TPSA) is 298 Å². The summed E-state index contributed by atoms with van der Waals surface area (Å²) in [6.07, 6.45) is 2.00. The first-order chi connectivity index (χ1) is 52.7. The summed E-state index contributed by atoms with van der Waals surface area (Å²) in [5.74, 6) is 5.19. The molecule has 0 bridgehead atoms. The number of H-pyrrole nitrogens is 4. The zero-order valence-corrected chi connectivity index (χ0v) is 75.5. The number of nitrogens with zero attached hydrogens (tertiary/aromatic N) is 15. The van der Waals surface area contributed by atoms with Gasteiger partial charge in [-0.15, -0.1) is 22.7 Å². The van der Waals surface area contributed by atoms with Crippen molar-refractivity contribution in [2.45, 2.75) is 242 Å². The molecule has 11 aromatic heterocycles. The summed E-state index contributed by atoms with van der Waals surface area (Å²) in [4.78, 5) is 25.0. The van der Waals surface area contributed by atoms with Crippen molar-refractivity contribution < 1.29 is 19.7 Å². The molecule has 7 N–H and O–H groups in total. The molecule has 0 amide bonds. The van der Waals surface area contributed by atoms with E-state index < -0.39 is 0 Å². The summed E-state index contributed by atoms with van der Waals surface area (Å²) in [5, 5.41) is 71.1. The third kappa shape index (κ3) is 17.7. The average Bonchev–Trinajstić information content (AvgIpc) is 1.73. The van der Waals surface area contributed by atoms with Crippen LogP contribution in [0.3, 0.4) is 0 Å². The lowest BCUT2D eigenvalue weighted by molar-refractivity contribution is 0.464. The predicted octanol–water partition coefficient (Wildman–Crippen LogP) is 20.7. The number of phenolic OH excluding ortho intramolecular Hbond substituents is 3. The lowest BCUT2D eigenvalue weighted by Crippen LogP contribution is -2.06. The van der Waals surface area contributed by atoms with Gasteiger partial charge in [0.15, 0.2) is 17.3 Å². The Bertz CT molecular complexity index is 5360. The van der Waals surface area contributed by atoms with E-state index >= 15 is 0 Å². The highest BCUT2D eigenvalue weighted by Gasteiger charge is 2.25. The van der Waals surface area contributed by atoms with E-state index in [2.05, 4.69) is 170 Å². The molecule has 0 radical (unpaired) electrons. The summed E-state index contributed by atoms with van der Waals surface area (Å²) >= 11 is 3.35. The highest BCUT2D eigenvalue weighted by Crippen LogP contribution is 2.43. The van der Waals surface area contributed by atoms with Gasteiger partial charge in [-0.1, -0.05) is 0 Å². The van der Waals surface area contributed by atoms with Crippen LogP contribution >= 0.6 is 22.7 Å². The molecule has 25 heteroatoms. The Kier molecular flexibility index (Phi) is 27.3. The summed E-state index contributed by atoms with van der Waals surface area (Å²) < 4.78 is 13.3. The van der Waals surface area contributed by atoms with Crippen molar-refractivity contribution in [2.75, 3.05) is 0 Å². The van der Waals surface area contributed by atoms with Crippen molar-refractivity contribution in [1.29, 1.82) is 0 Å². The third-order valence-electron chi connectivity index (χ3n) is 23.5. The molecule has 0 aliphatic heterocycles. The van der Waals surface area contributed by atoms with Gasteiger partial charge in [0, 0.05) is 92.2 Å². The number of hydrogen-bond donors (Lipinski definition) is 7. The largest absolute Gasteiger partial charge is 0.507 e. The number of thiazole rings is 2. The van der Waals surface area contributed by atoms with Gasteiger partial charge in [-0.2, -0.15) is 30.6 Å². The normalized spacial score (nSPS) is 11.0. The number of hydrogen-bond acceptors (Lipinski definition) is 17. The van der Waals surface area contributed by atoms with E-state index in [1.807, 2.05) is 187 Å². The molecule has 0 fully saturated rings. The molecule has 11 heterocycles. The number of aromatic nitrogens is 19. The first-order valence-electron chi connectivity index (χ1n) is 38.0. The summed E-state index contributed by atoms with van der Waals surface area (Å²) in [7, 11) is 4.02. The molecule has 602 valence electrons. The van der Waals surface area contributed by atoms with Gasteiger partial charge < -0.3 is 28.9 Å². The van der Waals surface area contributed by atoms with E-state index in [4.69, 9.17) is 4.42 Å². The van der Waals surface area contributed by atoms with Crippen molar-refractivity contribution in [1.82, 2.24) is 94.4 Å². The van der Waals surface area contributed by atoms with Gasteiger partial charge >= 0.3 is 0 Å². The zero-order valence-electron chi connectivity index (χ0n) is 73.9. The molecule has 0 aliphatic carbocycles. The molecule has 0 aliphatic rings. The van der Waals surface area contributed by atoms with Gasteiger partial charge in [0.05, 0.1) is 51.0 Å². The second kappa shape index (κ2) is 35.1. The summed E-state index contributed by atoms with van der Waals surface area (Å²) in [5.41, 5.74) is 40.5. The average molecular weight is 1570 g/mol. The number of phenols is 3. The lowest BCUT2D eigenvalue weighted by Gasteiger charge is -2.18. The molecular formula is C88H119N19O4S2. The first-order valence-corrected chi connectivity index (χ1v) is 39.7. The van der Waals surface area contributed by atoms with Crippen LogP contribution in [0.2, 0.25) is 0 Å². The van der Waals surface area contributed by atoms with Crippen LogP contribution in [0.1, 0.15) is 195 Å². The van der Waals surface area contributed by atoms with Crippen molar-refractivity contribution in [2.24, 2.45) is 14.1 Å². The Morgan fingerprint density at radius 1 is 0.327 bits per heavy atom. The zero-order chi connectivity index (χ0) is 84.6. The van der Waals surface area contributed by atoms with Crippen molar-refractivity contribution >= 4 is 22.7 Å². The molecule has 113 heavy (non-hydrogen) atoms. The van der Waals surface area contributed by atoms with Crippen LogP contribution < -0.4 is 0 Å². The van der Waals surface area contributed by atoms with E-state index in [0.717, 1.165) is 197 Å². The molecule has 0 atom stereocenters. The minimum Gasteiger partial charge on any atom is -0.507 e. The first kappa shape index (κ1) is 87.8. The minimum atomic E-state index is 0.339. The van der Waals surface area contributed by atoms with Gasteiger partial charge in [-0.3, -0.25) is 20.4 Å². The van der Waals surface area contributed by atoms with Gasteiger partial charge in [0.1, 0.15) is 55.9 Å². The Hall–Kier alpha value is -10.8. The maximum atomic E-state index is 10.5. The minimum absolute atomic E-state index is 0.339. The Labute approximate surface area is 675 Å². The van der Waals surface area contributed by atoms with Crippen molar-refractivity contribution in [3.8, 4) is 84.5 Å². The van der Waals surface area contributed by atoms with Crippen LogP contribution in [0.5, 0.6) is 17.2 Å². The van der Waals surface area contributed by atoms with E-state index in [0.29, 0.717) is 23.1 Å². The Morgan fingerprint density at radius 2 is 0.735 bits per heavy atom. The number of aryl methyl sites for hydroxylation is 15. The van der Waals surface area contributed by atoms with Crippen LogP contribution in [-0.2, 0) is 14.1 Å². The van der Waals surface area contributed by atoms with Gasteiger partial charge in [-0.25, -0.2) is 34.3 Å². The predicted molar refractivity (Wildman–Crippen MR) is 461 cm³/mol. The molecule has 14 rings (SSSR count). The standard InChI is InChI=1S/2C16H22N2O.C15H19NOS.C11H16N4.C10H14N4.C10H13N3O.C10H13N3S/c1-8-9(2)11(4)15(19)14(10(8)3)16-17-12(5)13(6)18(16)7;1-8-9(2)11(4)16(19)15(10(8)3)18-14(7)12(5)13(6)17-18;1-7-8(2)10(4)14(17)13(9(7)3)15-16-11(5)12(6)18-15;1-6-7(2)13-14-10(6)11-12-8(3)9(4)15(11)5;1-6-5-14(13-8(6)3)10-7(2)9(4)11-12-10;2*1-5-6(2)12-13-9(5)10-11-7(3)8(4)14-10/h2*19H,1-7H3;17H,1-6H3;1-5H3,(H,13,14);5H,1-4H3,(H,11,12);2*1-4H3,(H,12,13). The fourth-order valence-electron chi connectivity index (χ4n) is 12.6. The van der Waals surface area contributed by atoms with E-state index in [-0.39, 0.29) is 0 Å². The monoisotopic (exact) mass is 1570 g/mol. The quantitative estimate of drug-likeness (QED) is 0.0780. The molecule has 0 unspecified atom stereocenters. The molecule has 3 aromatic carbocycles. The Morgan fingerprint density at radius 3 is 1.12 bits per heavy atom. The molecule has 0 saturated heterocycles. The number of nitrogens with one attached hydrogen (secondary N) is 4. The molecule has 23 nitrogen and oxygen atoms in total. The number of benzene rings is 3. The summed E-state index contributed by atoms with van der Waals surface area (Å²) in [6, 6.07) is 0.